The number of fused-ring (bicyclic) bond motifs is 2. The normalized spacial score (nSPS) is 36.3. The summed E-state index contributed by atoms with van der Waals surface area (Å²) in [4.78, 5) is 13.8. The van der Waals surface area contributed by atoms with Gasteiger partial charge in [0.15, 0.2) is 0 Å². The minimum absolute atomic E-state index is 0.247. The van der Waals surface area contributed by atoms with Gasteiger partial charge >= 0.3 is 0 Å². The first-order valence-corrected chi connectivity index (χ1v) is 5.66. The Morgan fingerprint density at radius 1 is 1.43 bits per heavy atom. The molecule has 3 heteroatoms. The van der Waals surface area contributed by atoms with Crippen LogP contribution in [0.2, 0.25) is 0 Å². The number of carbonyl (C=O) groups excluding carboxylic acids is 1. The second-order valence-corrected chi connectivity index (χ2v) is 4.80. The molecule has 3 aliphatic rings. The molecule has 1 aliphatic carbocycles. The van der Waals surface area contributed by atoms with Crippen molar-refractivity contribution in [2.45, 2.75) is 19.8 Å². The molecule has 3 fully saturated rings. The molecule has 2 atom stereocenters. The Labute approximate surface area is 85.8 Å². The largest absolute Gasteiger partial charge is 0.356 e. The lowest BCUT2D eigenvalue weighted by Crippen LogP contribution is -2.54. The van der Waals surface area contributed by atoms with E-state index in [1.54, 1.807) is 0 Å². The number of hydrogen-bond donors (Lipinski definition) is 1. The highest BCUT2D eigenvalue weighted by Crippen LogP contribution is 2.46. The van der Waals surface area contributed by atoms with E-state index < -0.39 is 0 Å². The molecule has 2 unspecified atom stereocenters. The highest BCUT2D eigenvalue weighted by Gasteiger charge is 2.45. The lowest BCUT2D eigenvalue weighted by Gasteiger charge is -2.52. The summed E-state index contributed by atoms with van der Waals surface area (Å²) in [7, 11) is 2.18. The van der Waals surface area contributed by atoms with Crippen LogP contribution >= 0.6 is 0 Å². The molecule has 80 valence electrons. The van der Waals surface area contributed by atoms with E-state index in [1.165, 1.54) is 19.5 Å². The van der Waals surface area contributed by atoms with Crippen LogP contribution in [-0.2, 0) is 4.79 Å². The third-order valence-electron chi connectivity index (χ3n) is 3.70. The van der Waals surface area contributed by atoms with Crippen LogP contribution < -0.4 is 5.32 Å². The molecule has 2 aliphatic heterocycles. The second kappa shape index (κ2) is 3.89. The van der Waals surface area contributed by atoms with Gasteiger partial charge in [0.2, 0.25) is 5.91 Å². The molecule has 2 heterocycles. The van der Waals surface area contributed by atoms with Gasteiger partial charge in [-0.15, -0.1) is 0 Å². The van der Waals surface area contributed by atoms with Crippen LogP contribution in [0, 0.1) is 17.8 Å². The number of nitrogens with one attached hydrogen (secondary N) is 1. The fraction of sp³-hybridized carbons (Fsp3) is 0.909. The Hall–Kier alpha value is -0.570. The first-order chi connectivity index (χ1) is 6.70. The third-order valence-corrected chi connectivity index (χ3v) is 3.70. The number of carbonyl (C=O) groups is 1. The van der Waals surface area contributed by atoms with Crippen molar-refractivity contribution < 1.29 is 4.79 Å². The molecule has 1 amide bonds. The second-order valence-electron chi connectivity index (χ2n) is 4.80. The van der Waals surface area contributed by atoms with Gasteiger partial charge in [-0.1, -0.05) is 0 Å². The molecule has 1 N–H and O–H groups in total. The van der Waals surface area contributed by atoms with Crippen LogP contribution in [0.3, 0.4) is 0 Å². The number of hydrogen-bond acceptors (Lipinski definition) is 2. The monoisotopic (exact) mass is 196 g/mol. The van der Waals surface area contributed by atoms with E-state index in [1.807, 2.05) is 6.92 Å². The maximum Gasteiger partial charge on any atom is 0.220 e. The molecule has 14 heavy (non-hydrogen) atoms. The van der Waals surface area contributed by atoms with Gasteiger partial charge in [-0.3, -0.25) is 4.79 Å². The zero-order valence-electron chi connectivity index (χ0n) is 9.12. The van der Waals surface area contributed by atoms with E-state index >= 15 is 0 Å². The molecular formula is C11H20N2O. The maximum absolute atomic E-state index is 11.4. The highest BCUT2D eigenvalue weighted by molar-refractivity contribution is 5.76. The molecule has 0 radical (unpaired) electrons. The molecule has 3 rings (SSSR count). The topological polar surface area (TPSA) is 32.3 Å². The van der Waals surface area contributed by atoms with Crippen molar-refractivity contribution in [3.8, 4) is 0 Å². The zero-order valence-corrected chi connectivity index (χ0v) is 9.12. The van der Waals surface area contributed by atoms with Gasteiger partial charge in [-0.05, 0) is 38.1 Å². The van der Waals surface area contributed by atoms with Crippen LogP contribution in [-0.4, -0.2) is 37.5 Å². The standard InChI is InChI=1S/C11H20N2O/c1-3-12-11(14)5-10-8-4-9(10)7-13(2)6-8/h8-10H,3-7H2,1-2H3,(H,12,14). The molecular weight excluding hydrogens is 176 g/mol. The molecule has 2 bridgehead atoms. The molecule has 1 saturated carbocycles. The van der Waals surface area contributed by atoms with Crippen molar-refractivity contribution in [1.29, 1.82) is 0 Å². The molecule has 0 spiro atoms. The lowest BCUT2D eigenvalue weighted by atomic mass is 9.60. The summed E-state index contributed by atoms with van der Waals surface area (Å²) in [6.45, 7) is 5.13. The van der Waals surface area contributed by atoms with Gasteiger partial charge in [0, 0.05) is 26.1 Å². The van der Waals surface area contributed by atoms with E-state index in [0.29, 0.717) is 5.92 Å². The van der Waals surface area contributed by atoms with Crippen molar-refractivity contribution in [3.05, 3.63) is 0 Å². The fourth-order valence-electron chi connectivity index (χ4n) is 3.04. The van der Waals surface area contributed by atoms with E-state index in [0.717, 1.165) is 24.8 Å². The van der Waals surface area contributed by atoms with Gasteiger partial charge in [-0.2, -0.15) is 0 Å². The quantitative estimate of drug-likeness (QED) is 0.721. The summed E-state index contributed by atoms with van der Waals surface area (Å²) in [6, 6.07) is 0. The van der Waals surface area contributed by atoms with Crippen LogP contribution in [0.5, 0.6) is 0 Å². The van der Waals surface area contributed by atoms with Crippen molar-refractivity contribution in [1.82, 2.24) is 10.2 Å². The van der Waals surface area contributed by atoms with E-state index in [2.05, 4.69) is 17.3 Å². The molecule has 0 aromatic rings. The van der Waals surface area contributed by atoms with Crippen molar-refractivity contribution in [2.24, 2.45) is 17.8 Å². The van der Waals surface area contributed by atoms with Crippen LogP contribution in [0.15, 0.2) is 0 Å². The van der Waals surface area contributed by atoms with Gasteiger partial charge in [0.05, 0.1) is 0 Å². The summed E-state index contributed by atoms with van der Waals surface area (Å²) >= 11 is 0. The van der Waals surface area contributed by atoms with E-state index in [-0.39, 0.29) is 5.91 Å². The zero-order chi connectivity index (χ0) is 10.1. The minimum Gasteiger partial charge on any atom is -0.356 e. The Morgan fingerprint density at radius 2 is 2.07 bits per heavy atom. The molecule has 3 nitrogen and oxygen atoms in total. The number of rotatable bonds is 3. The van der Waals surface area contributed by atoms with Crippen LogP contribution in [0.1, 0.15) is 19.8 Å². The maximum atomic E-state index is 11.4. The van der Waals surface area contributed by atoms with Crippen LogP contribution in [0.4, 0.5) is 0 Å². The van der Waals surface area contributed by atoms with Crippen molar-refractivity contribution >= 4 is 5.91 Å². The minimum atomic E-state index is 0.247. The summed E-state index contributed by atoms with van der Waals surface area (Å²) < 4.78 is 0. The SMILES string of the molecule is CCNC(=O)CC1C2CC1CN(C)C2. The molecule has 0 aromatic heterocycles. The predicted octanol–water partition coefficient (Wildman–Crippen LogP) is 0.710. The van der Waals surface area contributed by atoms with Gasteiger partial charge in [-0.25, -0.2) is 0 Å². The van der Waals surface area contributed by atoms with E-state index in [9.17, 15) is 4.79 Å². The van der Waals surface area contributed by atoms with Crippen LogP contribution in [0.25, 0.3) is 0 Å². The number of piperidine rings is 2. The smallest absolute Gasteiger partial charge is 0.220 e. The lowest BCUT2D eigenvalue weighted by molar-refractivity contribution is -0.127. The van der Waals surface area contributed by atoms with Gasteiger partial charge in [0.1, 0.15) is 0 Å². The summed E-state index contributed by atoms with van der Waals surface area (Å²) in [6.07, 6.45) is 2.12. The Bertz CT molecular complexity index is 217. The first kappa shape index (κ1) is 9.97. The molecule has 0 aromatic carbocycles. The summed E-state index contributed by atoms with van der Waals surface area (Å²) in [5.74, 6) is 2.51. The highest BCUT2D eigenvalue weighted by atomic mass is 16.1. The summed E-state index contributed by atoms with van der Waals surface area (Å²) in [5.41, 5.74) is 0. The average molecular weight is 196 g/mol. The fourth-order valence-corrected chi connectivity index (χ4v) is 3.04. The summed E-state index contributed by atoms with van der Waals surface area (Å²) in [5, 5.41) is 2.89. The number of nitrogens with zero attached hydrogens (tertiary/aromatic N) is 1. The van der Waals surface area contributed by atoms with Gasteiger partial charge < -0.3 is 10.2 Å². The predicted molar refractivity (Wildman–Crippen MR) is 55.9 cm³/mol. The van der Waals surface area contributed by atoms with E-state index in [4.69, 9.17) is 0 Å². The molecule has 2 saturated heterocycles. The third kappa shape index (κ3) is 1.78. The Morgan fingerprint density at radius 3 is 2.64 bits per heavy atom. The number of amides is 1. The Kier molecular flexibility index (Phi) is 2.77. The van der Waals surface area contributed by atoms with Crippen molar-refractivity contribution in [3.63, 3.8) is 0 Å². The average Bonchev–Trinajstić information content (AvgIpc) is 2.14. The van der Waals surface area contributed by atoms with Gasteiger partial charge in [0.25, 0.3) is 0 Å². The first-order valence-electron chi connectivity index (χ1n) is 5.66. The van der Waals surface area contributed by atoms with Crippen molar-refractivity contribution in [2.75, 3.05) is 26.7 Å². The Balaban J connectivity index is 1.81.